The van der Waals surface area contributed by atoms with Gasteiger partial charge in [0.1, 0.15) is 5.78 Å². The lowest BCUT2D eigenvalue weighted by molar-refractivity contribution is -0.117. The molecule has 0 saturated heterocycles. The minimum atomic E-state index is 0.00495. The van der Waals surface area contributed by atoms with E-state index in [0.29, 0.717) is 6.42 Å². The van der Waals surface area contributed by atoms with Crippen LogP contribution in [0, 0.1) is 0 Å². The summed E-state index contributed by atoms with van der Waals surface area (Å²) in [5, 5.41) is 0. The molecular weight excluding hydrogens is 252 g/mol. The molecule has 0 aliphatic carbocycles. The summed E-state index contributed by atoms with van der Waals surface area (Å²) < 4.78 is 11.0. The van der Waals surface area contributed by atoms with Crippen LogP contribution in [0.4, 0.5) is 0 Å². The second-order valence-corrected chi connectivity index (χ2v) is 4.95. The van der Waals surface area contributed by atoms with Crippen molar-refractivity contribution in [2.45, 2.75) is 19.3 Å². The van der Waals surface area contributed by atoms with Gasteiger partial charge in [-0.1, -0.05) is 42.5 Å². The molecule has 0 spiro atoms. The molecule has 1 atom stereocenters. The zero-order valence-electron chi connectivity index (χ0n) is 11.3. The first-order chi connectivity index (χ1) is 9.75. The molecule has 0 fully saturated rings. The molecule has 3 nitrogen and oxygen atoms in total. The van der Waals surface area contributed by atoms with Crippen molar-refractivity contribution in [1.82, 2.24) is 0 Å². The third-order valence-corrected chi connectivity index (χ3v) is 3.50. The highest BCUT2D eigenvalue weighted by molar-refractivity contribution is 5.77. The molecule has 0 bridgehead atoms. The third kappa shape index (κ3) is 2.39. The number of hydrogen-bond acceptors (Lipinski definition) is 3. The number of carbonyl (C=O) groups is 1. The fourth-order valence-corrected chi connectivity index (χ4v) is 2.61. The van der Waals surface area contributed by atoms with Crippen LogP contribution in [0.3, 0.4) is 0 Å². The zero-order valence-corrected chi connectivity index (χ0v) is 11.3. The highest BCUT2D eigenvalue weighted by atomic mass is 16.7. The van der Waals surface area contributed by atoms with Gasteiger partial charge < -0.3 is 9.47 Å². The zero-order chi connectivity index (χ0) is 13.9. The van der Waals surface area contributed by atoms with Crippen LogP contribution in [0.1, 0.15) is 30.4 Å². The lowest BCUT2D eigenvalue weighted by Crippen LogP contribution is -2.07. The molecule has 1 heterocycles. The summed E-state index contributed by atoms with van der Waals surface area (Å²) in [4.78, 5) is 11.6. The molecule has 0 aromatic heterocycles. The van der Waals surface area contributed by atoms with Gasteiger partial charge in [-0.2, -0.15) is 0 Å². The van der Waals surface area contributed by atoms with E-state index >= 15 is 0 Å². The Morgan fingerprint density at radius 2 is 1.90 bits per heavy atom. The van der Waals surface area contributed by atoms with Gasteiger partial charge in [-0.3, -0.25) is 4.79 Å². The summed E-state index contributed by atoms with van der Waals surface area (Å²) in [6.45, 7) is 1.87. The average molecular weight is 268 g/mol. The van der Waals surface area contributed by atoms with E-state index in [-0.39, 0.29) is 18.5 Å². The Balaban J connectivity index is 2.06. The lowest BCUT2D eigenvalue weighted by Gasteiger charge is -2.18. The molecule has 2 aromatic carbocycles. The topological polar surface area (TPSA) is 35.5 Å². The van der Waals surface area contributed by atoms with Gasteiger partial charge in [-0.25, -0.2) is 0 Å². The minimum Gasteiger partial charge on any atom is -0.454 e. The Morgan fingerprint density at radius 3 is 2.65 bits per heavy atom. The van der Waals surface area contributed by atoms with Gasteiger partial charge in [-0.05, 0) is 18.6 Å². The SMILES string of the molecule is CC(=O)CC(c1ccccc1)c1cccc2c1OCO2. The second-order valence-electron chi connectivity index (χ2n) is 4.95. The molecule has 1 unspecified atom stereocenters. The number of rotatable bonds is 4. The minimum absolute atomic E-state index is 0.00495. The van der Waals surface area contributed by atoms with E-state index in [1.54, 1.807) is 6.92 Å². The number of Topliss-reactive ketones (excluding diaryl/α,β-unsaturated/α-hetero) is 1. The van der Waals surface area contributed by atoms with Crippen molar-refractivity contribution < 1.29 is 14.3 Å². The molecule has 3 heteroatoms. The Hall–Kier alpha value is -2.29. The number of ether oxygens (including phenoxy) is 2. The van der Waals surface area contributed by atoms with Gasteiger partial charge in [0.05, 0.1) is 0 Å². The highest BCUT2D eigenvalue weighted by Crippen LogP contribution is 2.42. The van der Waals surface area contributed by atoms with Crippen LogP contribution in [0.5, 0.6) is 11.5 Å². The third-order valence-electron chi connectivity index (χ3n) is 3.50. The van der Waals surface area contributed by atoms with E-state index in [1.165, 1.54) is 0 Å². The van der Waals surface area contributed by atoms with Gasteiger partial charge >= 0.3 is 0 Å². The summed E-state index contributed by atoms with van der Waals surface area (Å²) in [6.07, 6.45) is 0.462. The molecule has 0 radical (unpaired) electrons. The molecule has 20 heavy (non-hydrogen) atoms. The molecule has 0 N–H and O–H groups in total. The van der Waals surface area contributed by atoms with Crippen LogP contribution in [-0.2, 0) is 4.79 Å². The van der Waals surface area contributed by atoms with Crippen molar-refractivity contribution in [2.24, 2.45) is 0 Å². The standard InChI is InChI=1S/C17H16O3/c1-12(18)10-15(13-6-3-2-4-7-13)14-8-5-9-16-17(14)20-11-19-16/h2-9,15H,10-11H2,1H3. The summed E-state index contributed by atoms with van der Waals surface area (Å²) in [5.41, 5.74) is 2.13. The van der Waals surface area contributed by atoms with E-state index in [1.807, 2.05) is 48.5 Å². The van der Waals surface area contributed by atoms with Gasteiger partial charge in [0.15, 0.2) is 11.5 Å². The van der Waals surface area contributed by atoms with Crippen molar-refractivity contribution >= 4 is 5.78 Å². The second kappa shape index (κ2) is 5.37. The predicted molar refractivity (Wildman–Crippen MR) is 76.1 cm³/mol. The summed E-state index contributed by atoms with van der Waals surface area (Å²) in [7, 11) is 0. The Bertz CT molecular complexity index is 619. The Labute approximate surface area is 118 Å². The molecule has 2 aromatic rings. The predicted octanol–water partition coefficient (Wildman–Crippen LogP) is 3.53. The monoisotopic (exact) mass is 268 g/mol. The fraction of sp³-hybridized carbons (Fsp3) is 0.235. The van der Waals surface area contributed by atoms with E-state index in [4.69, 9.17) is 9.47 Å². The van der Waals surface area contributed by atoms with Crippen LogP contribution in [0.2, 0.25) is 0 Å². The molecule has 0 amide bonds. The summed E-state index contributed by atoms with van der Waals surface area (Å²) in [6, 6.07) is 15.9. The maximum atomic E-state index is 11.6. The van der Waals surface area contributed by atoms with Crippen LogP contribution >= 0.6 is 0 Å². The van der Waals surface area contributed by atoms with Crippen molar-refractivity contribution in [2.75, 3.05) is 6.79 Å². The largest absolute Gasteiger partial charge is 0.454 e. The fourth-order valence-electron chi connectivity index (χ4n) is 2.61. The molecule has 1 aliphatic heterocycles. The number of hydrogen-bond donors (Lipinski definition) is 0. The van der Waals surface area contributed by atoms with Gasteiger partial charge in [0.2, 0.25) is 6.79 Å². The van der Waals surface area contributed by atoms with Gasteiger partial charge in [-0.15, -0.1) is 0 Å². The van der Waals surface area contributed by atoms with Crippen molar-refractivity contribution in [3.63, 3.8) is 0 Å². The van der Waals surface area contributed by atoms with E-state index in [0.717, 1.165) is 22.6 Å². The molecular formula is C17H16O3. The lowest BCUT2D eigenvalue weighted by atomic mass is 9.86. The Morgan fingerprint density at radius 1 is 1.10 bits per heavy atom. The first-order valence-corrected chi connectivity index (χ1v) is 6.68. The van der Waals surface area contributed by atoms with Crippen LogP contribution in [0.25, 0.3) is 0 Å². The molecule has 1 aliphatic rings. The Kier molecular flexibility index (Phi) is 3.42. The molecule has 3 rings (SSSR count). The van der Waals surface area contributed by atoms with E-state index in [9.17, 15) is 4.79 Å². The highest BCUT2D eigenvalue weighted by Gasteiger charge is 2.25. The average Bonchev–Trinajstić information content (AvgIpc) is 2.94. The summed E-state index contributed by atoms with van der Waals surface area (Å²) >= 11 is 0. The van der Waals surface area contributed by atoms with Crippen LogP contribution in [0.15, 0.2) is 48.5 Å². The van der Waals surface area contributed by atoms with Crippen LogP contribution in [-0.4, -0.2) is 12.6 Å². The van der Waals surface area contributed by atoms with E-state index in [2.05, 4.69) is 0 Å². The molecule has 102 valence electrons. The smallest absolute Gasteiger partial charge is 0.231 e. The normalized spacial score (nSPS) is 14.1. The van der Waals surface area contributed by atoms with Gasteiger partial charge in [0.25, 0.3) is 0 Å². The quantitative estimate of drug-likeness (QED) is 0.851. The first-order valence-electron chi connectivity index (χ1n) is 6.68. The first kappa shape index (κ1) is 12.7. The van der Waals surface area contributed by atoms with E-state index < -0.39 is 0 Å². The number of para-hydroxylation sites is 1. The summed E-state index contributed by atoms with van der Waals surface area (Å²) in [5.74, 6) is 1.69. The molecule has 0 saturated carbocycles. The van der Waals surface area contributed by atoms with Crippen molar-refractivity contribution in [1.29, 1.82) is 0 Å². The number of carbonyl (C=O) groups excluding carboxylic acids is 1. The van der Waals surface area contributed by atoms with Crippen molar-refractivity contribution in [3.05, 3.63) is 59.7 Å². The van der Waals surface area contributed by atoms with Crippen LogP contribution < -0.4 is 9.47 Å². The maximum absolute atomic E-state index is 11.6. The maximum Gasteiger partial charge on any atom is 0.231 e. The number of fused-ring (bicyclic) bond motifs is 1. The number of ketones is 1. The van der Waals surface area contributed by atoms with Gasteiger partial charge in [0, 0.05) is 17.9 Å². The van der Waals surface area contributed by atoms with Crippen molar-refractivity contribution in [3.8, 4) is 11.5 Å². The number of benzene rings is 2.